The van der Waals surface area contributed by atoms with E-state index in [0.717, 1.165) is 16.0 Å². The number of fused-ring (bicyclic) bond motifs is 1. The van der Waals surface area contributed by atoms with Gasteiger partial charge in [0.25, 0.3) is 5.91 Å². The highest BCUT2D eigenvalue weighted by Gasteiger charge is 2.37. The molecule has 26 heavy (non-hydrogen) atoms. The summed E-state index contributed by atoms with van der Waals surface area (Å²) >= 11 is 12.2. The van der Waals surface area contributed by atoms with Crippen molar-refractivity contribution in [2.24, 2.45) is 0 Å². The summed E-state index contributed by atoms with van der Waals surface area (Å²) in [6, 6.07) is 12.5. The summed E-state index contributed by atoms with van der Waals surface area (Å²) < 4.78 is 4.94. The van der Waals surface area contributed by atoms with Crippen molar-refractivity contribution in [3.8, 4) is 0 Å². The van der Waals surface area contributed by atoms with E-state index in [1.807, 2.05) is 24.3 Å². The van der Waals surface area contributed by atoms with Crippen LogP contribution in [0, 0.1) is 0 Å². The number of hydrogen-bond acceptors (Lipinski definition) is 3. The summed E-state index contributed by atoms with van der Waals surface area (Å²) in [7, 11) is 1.37. The molecule has 0 saturated heterocycles. The second kappa shape index (κ2) is 8.08. The highest BCUT2D eigenvalue weighted by atomic mass is 35.5. The summed E-state index contributed by atoms with van der Waals surface area (Å²) in [6.07, 6.45) is 0.540. The first-order valence-electron chi connectivity index (χ1n) is 8.22. The number of amides is 1. The Morgan fingerprint density at radius 3 is 2.42 bits per heavy atom. The summed E-state index contributed by atoms with van der Waals surface area (Å²) in [5.41, 5.74) is 2.62. The zero-order valence-electron chi connectivity index (χ0n) is 14.2. The van der Waals surface area contributed by atoms with Gasteiger partial charge in [-0.3, -0.25) is 4.79 Å². The highest BCUT2D eigenvalue weighted by molar-refractivity contribution is 6.39. The maximum atomic E-state index is 12.6. The molecule has 0 saturated carbocycles. The normalized spacial score (nSPS) is 18.7. The number of methoxy groups -OCH3 is 1. The third-order valence-electron chi connectivity index (χ3n) is 4.55. The van der Waals surface area contributed by atoms with E-state index in [1.54, 1.807) is 18.2 Å². The lowest BCUT2D eigenvalue weighted by molar-refractivity contribution is -0.924. The molecule has 2 atom stereocenters. The van der Waals surface area contributed by atoms with Crippen LogP contribution in [0.3, 0.4) is 0 Å². The van der Waals surface area contributed by atoms with Crippen LogP contribution in [0.15, 0.2) is 42.5 Å². The molecule has 0 aromatic heterocycles. The number of hydrogen-bond donors (Lipinski definition) is 2. The van der Waals surface area contributed by atoms with Crippen molar-refractivity contribution in [3.63, 3.8) is 0 Å². The van der Waals surface area contributed by atoms with Gasteiger partial charge in [0, 0.05) is 12.0 Å². The minimum absolute atomic E-state index is 0.107. The Morgan fingerprint density at radius 2 is 1.77 bits per heavy atom. The Hall–Kier alpha value is -2.08. The molecule has 2 N–H and O–H groups in total. The maximum absolute atomic E-state index is 12.6. The number of carbonyl (C=O) groups is 2. The fourth-order valence-corrected chi connectivity index (χ4v) is 3.74. The van der Waals surface area contributed by atoms with Gasteiger partial charge in [-0.05, 0) is 17.7 Å². The molecule has 1 amide bonds. The van der Waals surface area contributed by atoms with Crippen LogP contribution in [0.2, 0.25) is 10.0 Å². The molecule has 0 spiro atoms. The van der Waals surface area contributed by atoms with E-state index in [1.165, 1.54) is 7.11 Å². The van der Waals surface area contributed by atoms with E-state index in [0.29, 0.717) is 28.7 Å². The molecule has 0 fully saturated rings. The number of ether oxygens (including phenoxy) is 1. The Morgan fingerprint density at radius 1 is 1.12 bits per heavy atom. The van der Waals surface area contributed by atoms with Gasteiger partial charge in [-0.1, -0.05) is 53.5 Å². The number of nitrogens with one attached hydrogen (secondary N) is 2. The third-order valence-corrected chi connectivity index (χ3v) is 5.18. The lowest BCUT2D eigenvalue weighted by atomic mass is 9.94. The minimum atomic E-state index is -0.428. The maximum Gasteiger partial charge on any atom is 0.365 e. The van der Waals surface area contributed by atoms with Crippen molar-refractivity contribution in [2.45, 2.75) is 19.0 Å². The Kier molecular flexibility index (Phi) is 5.81. The monoisotopic (exact) mass is 393 g/mol. The molecule has 5 nitrogen and oxygen atoms in total. The van der Waals surface area contributed by atoms with Crippen LogP contribution in [-0.4, -0.2) is 31.6 Å². The molecule has 0 bridgehead atoms. The van der Waals surface area contributed by atoms with Crippen LogP contribution >= 0.6 is 23.2 Å². The standard InChI is InChI=1S/C19H18Cl2N2O3/c1-26-19(25)16-9-12-5-2-3-6-13(12)10-23(16)11-17(24)22-18-14(20)7-4-8-15(18)21/h2-8,16H,9-11H2,1H3,(H,22,24)/p+1/t16-/m0/s1. The molecule has 3 rings (SSSR count). The van der Waals surface area contributed by atoms with Gasteiger partial charge < -0.3 is 15.0 Å². The van der Waals surface area contributed by atoms with E-state index in [2.05, 4.69) is 5.32 Å². The predicted octanol–water partition coefficient (Wildman–Crippen LogP) is 2.11. The predicted molar refractivity (Wildman–Crippen MR) is 101 cm³/mol. The first-order valence-corrected chi connectivity index (χ1v) is 8.98. The van der Waals surface area contributed by atoms with Crippen LogP contribution in [0.1, 0.15) is 11.1 Å². The van der Waals surface area contributed by atoms with Crippen molar-refractivity contribution in [1.29, 1.82) is 0 Å². The molecule has 1 aliphatic rings. The van der Waals surface area contributed by atoms with E-state index >= 15 is 0 Å². The van der Waals surface area contributed by atoms with E-state index in [4.69, 9.17) is 27.9 Å². The summed E-state index contributed by atoms with van der Waals surface area (Å²) in [5.74, 6) is -0.582. The average Bonchev–Trinajstić information content (AvgIpc) is 2.63. The molecule has 1 aliphatic heterocycles. The van der Waals surface area contributed by atoms with Gasteiger partial charge in [-0.2, -0.15) is 0 Å². The molecule has 136 valence electrons. The molecular weight excluding hydrogens is 375 g/mol. The molecule has 0 radical (unpaired) electrons. The topological polar surface area (TPSA) is 59.8 Å². The number of para-hydroxylation sites is 1. The van der Waals surface area contributed by atoms with Crippen LogP contribution in [0.5, 0.6) is 0 Å². The Balaban J connectivity index is 1.78. The van der Waals surface area contributed by atoms with E-state index < -0.39 is 6.04 Å². The van der Waals surface area contributed by atoms with Crippen LogP contribution in [0.25, 0.3) is 0 Å². The van der Waals surface area contributed by atoms with Crippen molar-refractivity contribution >= 4 is 40.8 Å². The van der Waals surface area contributed by atoms with E-state index in [9.17, 15) is 9.59 Å². The fraction of sp³-hybridized carbons (Fsp3) is 0.263. The highest BCUT2D eigenvalue weighted by Crippen LogP contribution is 2.29. The summed E-state index contributed by atoms with van der Waals surface area (Å²) in [6.45, 7) is 0.676. The number of benzene rings is 2. The number of quaternary nitrogens is 1. The van der Waals surface area contributed by atoms with Gasteiger partial charge in [0.2, 0.25) is 0 Å². The van der Waals surface area contributed by atoms with Crippen LogP contribution < -0.4 is 10.2 Å². The first kappa shape index (κ1) is 18.7. The minimum Gasteiger partial charge on any atom is -0.465 e. The lowest BCUT2D eigenvalue weighted by Crippen LogP contribution is -3.17. The molecule has 0 aliphatic carbocycles. The Labute approximate surface area is 161 Å². The zero-order chi connectivity index (χ0) is 18.7. The second-order valence-corrected chi connectivity index (χ2v) is 7.02. The first-order chi connectivity index (χ1) is 12.5. The molecule has 7 heteroatoms. The van der Waals surface area contributed by atoms with Crippen LogP contribution in [-0.2, 0) is 27.3 Å². The molecule has 2 aromatic rings. The van der Waals surface area contributed by atoms with E-state index in [-0.39, 0.29) is 18.4 Å². The molecule has 1 unspecified atom stereocenters. The summed E-state index contributed by atoms with van der Waals surface area (Å²) in [4.78, 5) is 25.6. The van der Waals surface area contributed by atoms with Crippen molar-refractivity contribution in [1.82, 2.24) is 0 Å². The SMILES string of the molecule is COC(=O)[C@@H]1Cc2ccccc2C[NH+]1CC(=O)Nc1c(Cl)cccc1Cl. The van der Waals surface area contributed by atoms with Gasteiger partial charge in [0.15, 0.2) is 12.6 Å². The van der Waals surface area contributed by atoms with Gasteiger partial charge >= 0.3 is 5.97 Å². The smallest absolute Gasteiger partial charge is 0.365 e. The number of esters is 1. The quantitative estimate of drug-likeness (QED) is 0.782. The van der Waals surface area contributed by atoms with Crippen molar-refractivity contribution in [3.05, 3.63) is 63.6 Å². The number of anilines is 1. The van der Waals surface area contributed by atoms with Gasteiger partial charge in [-0.25, -0.2) is 4.79 Å². The lowest BCUT2D eigenvalue weighted by Gasteiger charge is -2.31. The number of carbonyl (C=O) groups excluding carboxylic acids is 2. The number of halogens is 2. The number of rotatable bonds is 4. The summed E-state index contributed by atoms with van der Waals surface area (Å²) in [5, 5.41) is 3.49. The molecular formula is C19H19Cl2N2O3+. The zero-order valence-corrected chi connectivity index (χ0v) is 15.7. The molecule has 2 aromatic carbocycles. The Bertz CT molecular complexity index is 821. The van der Waals surface area contributed by atoms with Gasteiger partial charge in [0.1, 0.15) is 6.54 Å². The van der Waals surface area contributed by atoms with Gasteiger partial charge in [-0.15, -0.1) is 0 Å². The van der Waals surface area contributed by atoms with Crippen molar-refractivity contribution in [2.75, 3.05) is 19.0 Å². The fourth-order valence-electron chi connectivity index (χ4n) is 3.25. The van der Waals surface area contributed by atoms with Crippen LogP contribution in [0.4, 0.5) is 5.69 Å². The third kappa shape index (κ3) is 4.01. The average molecular weight is 394 g/mol. The largest absolute Gasteiger partial charge is 0.465 e. The van der Waals surface area contributed by atoms with Gasteiger partial charge in [0.05, 0.1) is 22.8 Å². The molecule has 1 heterocycles. The van der Waals surface area contributed by atoms with Crippen molar-refractivity contribution < 1.29 is 19.2 Å². The second-order valence-electron chi connectivity index (χ2n) is 6.21.